The molecule has 2 aliphatic rings. The summed E-state index contributed by atoms with van der Waals surface area (Å²) in [5.74, 6) is 1.02. The Morgan fingerprint density at radius 2 is 1.44 bits per heavy atom. The molecule has 2 unspecified atom stereocenters. The molecule has 2 aliphatic carbocycles. The quantitative estimate of drug-likeness (QED) is 0.546. The van der Waals surface area contributed by atoms with E-state index in [1.165, 1.54) is 77.0 Å². The molecule has 0 nitrogen and oxygen atoms in total. The lowest BCUT2D eigenvalue weighted by Gasteiger charge is -2.58. The molecule has 2 saturated carbocycles. The van der Waals surface area contributed by atoms with Crippen molar-refractivity contribution in [2.45, 2.75) is 97.8 Å². The van der Waals surface area contributed by atoms with E-state index in [-0.39, 0.29) is 0 Å². The lowest BCUT2D eigenvalue weighted by Crippen LogP contribution is -2.49. The summed E-state index contributed by atoms with van der Waals surface area (Å²) in [5.41, 5.74) is 1.41. The first-order valence-electron chi connectivity index (χ1n) is 8.74. The fourth-order valence-electron chi connectivity index (χ4n) is 5.88. The van der Waals surface area contributed by atoms with Crippen molar-refractivity contribution in [3.8, 4) is 0 Å². The minimum Gasteiger partial charge on any atom is -0.0651 e. The van der Waals surface area contributed by atoms with Crippen LogP contribution in [0.3, 0.4) is 0 Å². The molecule has 106 valence electrons. The van der Waals surface area contributed by atoms with Crippen LogP contribution in [0, 0.1) is 16.7 Å². The fraction of sp³-hybridized carbons (Fsp3) is 1.00. The highest BCUT2D eigenvalue weighted by Crippen LogP contribution is 2.63. The fourth-order valence-corrected chi connectivity index (χ4v) is 5.88. The van der Waals surface area contributed by atoms with Gasteiger partial charge in [-0.3, -0.25) is 0 Å². The van der Waals surface area contributed by atoms with Crippen molar-refractivity contribution in [1.29, 1.82) is 0 Å². The molecular weight excluding hydrogens is 216 g/mol. The van der Waals surface area contributed by atoms with Crippen LogP contribution in [-0.4, -0.2) is 0 Å². The third kappa shape index (κ3) is 2.14. The van der Waals surface area contributed by atoms with Crippen LogP contribution in [0.1, 0.15) is 97.8 Å². The molecule has 2 rings (SSSR count). The maximum absolute atomic E-state index is 2.50. The smallest absolute Gasteiger partial charge is 0.0215 e. The zero-order chi connectivity index (χ0) is 13.1. The molecule has 0 N–H and O–H groups in total. The van der Waals surface area contributed by atoms with Gasteiger partial charge in [-0.15, -0.1) is 0 Å². The Morgan fingerprint density at radius 1 is 0.778 bits per heavy atom. The van der Waals surface area contributed by atoms with Gasteiger partial charge in [0.25, 0.3) is 0 Å². The Labute approximate surface area is 115 Å². The molecule has 0 spiro atoms. The van der Waals surface area contributed by atoms with Crippen molar-refractivity contribution in [3.63, 3.8) is 0 Å². The molecule has 0 bridgehead atoms. The van der Waals surface area contributed by atoms with E-state index in [9.17, 15) is 0 Å². The van der Waals surface area contributed by atoms with Gasteiger partial charge in [0.15, 0.2) is 0 Å². The number of rotatable bonds is 4. The second kappa shape index (κ2) is 5.97. The van der Waals surface area contributed by atoms with E-state index in [0.29, 0.717) is 10.8 Å². The molecule has 0 heterocycles. The Bertz CT molecular complexity index is 249. The Hall–Kier alpha value is 0. The molecule has 0 radical (unpaired) electrons. The molecule has 18 heavy (non-hydrogen) atoms. The van der Waals surface area contributed by atoms with Crippen molar-refractivity contribution in [1.82, 2.24) is 0 Å². The van der Waals surface area contributed by atoms with Crippen molar-refractivity contribution in [3.05, 3.63) is 0 Å². The largest absolute Gasteiger partial charge is 0.0651 e. The van der Waals surface area contributed by atoms with E-state index < -0.39 is 0 Å². The van der Waals surface area contributed by atoms with Crippen LogP contribution in [-0.2, 0) is 0 Å². The summed E-state index contributed by atoms with van der Waals surface area (Å²) in [5, 5.41) is 0. The first-order chi connectivity index (χ1) is 8.74. The molecule has 0 aromatic heterocycles. The molecule has 0 aromatic rings. The minimum atomic E-state index is 0.704. The summed E-state index contributed by atoms with van der Waals surface area (Å²) < 4.78 is 0. The third-order valence-electron chi connectivity index (χ3n) is 6.87. The maximum atomic E-state index is 2.50. The SMILES string of the molecule is CCC1CCCCC1(CC)C1(CC)CCCCC1. The number of hydrogen-bond donors (Lipinski definition) is 0. The minimum absolute atomic E-state index is 0.704. The first-order valence-corrected chi connectivity index (χ1v) is 8.74. The van der Waals surface area contributed by atoms with Crippen molar-refractivity contribution < 1.29 is 0 Å². The standard InChI is InChI=1S/C18H34/c1-4-16-12-8-11-15-18(16,6-3)17(5-2)13-9-7-10-14-17/h16H,4-15H2,1-3H3. The van der Waals surface area contributed by atoms with Gasteiger partial charge < -0.3 is 0 Å². The van der Waals surface area contributed by atoms with Gasteiger partial charge in [0.2, 0.25) is 0 Å². The van der Waals surface area contributed by atoms with Crippen molar-refractivity contribution >= 4 is 0 Å². The molecule has 0 saturated heterocycles. The van der Waals surface area contributed by atoms with Crippen LogP contribution in [0.15, 0.2) is 0 Å². The highest BCUT2D eigenvalue weighted by molar-refractivity contribution is 5.02. The van der Waals surface area contributed by atoms with Crippen LogP contribution in [0.25, 0.3) is 0 Å². The van der Waals surface area contributed by atoms with Gasteiger partial charge >= 0.3 is 0 Å². The number of hydrogen-bond acceptors (Lipinski definition) is 0. The average molecular weight is 250 g/mol. The molecule has 0 aliphatic heterocycles. The normalized spacial score (nSPS) is 36.5. The van der Waals surface area contributed by atoms with Gasteiger partial charge in [-0.1, -0.05) is 59.3 Å². The van der Waals surface area contributed by atoms with Crippen LogP contribution in [0.4, 0.5) is 0 Å². The van der Waals surface area contributed by atoms with Crippen LogP contribution >= 0.6 is 0 Å². The van der Waals surface area contributed by atoms with Crippen LogP contribution in [0.2, 0.25) is 0 Å². The van der Waals surface area contributed by atoms with E-state index in [1.54, 1.807) is 0 Å². The van der Waals surface area contributed by atoms with Crippen molar-refractivity contribution in [2.24, 2.45) is 16.7 Å². The van der Waals surface area contributed by atoms with Gasteiger partial charge in [-0.2, -0.15) is 0 Å². The molecule has 2 fully saturated rings. The zero-order valence-electron chi connectivity index (χ0n) is 13.1. The van der Waals surface area contributed by atoms with Gasteiger partial charge in [-0.25, -0.2) is 0 Å². The molecular formula is C18H34. The summed E-state index contributed by atoms with van der Waals surface area (Å²) in [6.45, 7) is 7.44. The maximum Gasteiger partial charge on any atom is -0.0215 e. The Kier molecular flexibility index (Phi) is 4.78. The van der Waals surface area contributed by atoms with E-state index in [1.807, 2.05) is 0 Å². The van der Waals surface area contributed by atoms with Gasteiger partial charge in [0.1, 0.15) is 0 Å². The molecule has 0 amide bonds. The van der Waals surface area contributed by atoms with E-state index in [4.69, 9.17) is 0 Å². The Balaban J connectivity index is 2.32. The summed E-state index contributed by atoms with van der Waals surface area (Å²) >= 11 is 0. The lowest BCUT2D eigenvalue weighted by atomic mass is 9.46. The second-order valence-electron chi connectivity index (χ2n) is 7.06. The molecule has 0 aromatic carbocycles. The van der Waals surface area contributed by atoms with Crippen molar-refractivity contribution in [2.75, 3.05) is 0 Å². The topological polar surface area (TPSA) is 0 Å². The second-order valence-corrected chi connectivity index (χ2v) is 7.06. The lowest BCUT2D eigenvalue weighted by molar-refractivity contribution is -0.0861. The highest BCUT2D eigenvalue weighted by Gasteiger charge is 2.52. The van der Waals surface area contributed by atoms with E-state index >= 15 is 0 Å². The zero-order valence-corrected chi connectivity index (χ0v) is 13.1. The van der Waals surface area contributed by atoms with E-state index in [2.05, 4.69) is 20.8 Å². The van der Waals surface area contributed by atoms with Gasteiger partial charge in [0, 0.05) is 0 Å². The highest BCUT2D eigenvalue weighted by atomic mass is 14.6. The molecule has 2 atom stereocenters. The third-order valence-corrected chi connectivity index (χ3v) is 6.87. The van der Waals surface area contributed by atoms with Gasteiger partial charge in [-0.05, 0) is 55.3 Å². The molecule has 0 heteroatoms. The van der Waals surface area contributed by atoms with E-state index in [0.717, 1.165) is 5.92 Å². The average Bonchev–Trinajstić information content (AvgIpc) is 2.47. The first kappa shape index (κ1) is 14.4. The Morgan fingerprint density at radius 3 is 2.00 bits per heavy atom. The predicted octanol–water partition coefficient (Wildman–Crippen LogP) is 6.34. The van der Waals surface area contributed by atoms with Gasteiger partial charge in [0.05, 0.1) is 0 Å². The van der Waals surface area contributed by atoms with Crippen LogP contribution < -0.4 is 0 Å². The summed E-state index contributed by atoms with van der Waals surface area (Å²) in [6, 6.07) is 0. The summed E-state index contributed by atoms with van der Waals surface area (Å²) in [4.78, 5) is 0. The summed E-state index contributed by atoms with van der Waals surface area (Å²) in [6.07, 6.45) is 18.0. The predicted molar refractivity (Wildman–Crippen MR) is 80.8 cm³/mol. The summed E-state index contributed by atoms with van der Waals surface area (Å²) in [7, 11) is 0. The van der Waals surface area contributed by atoms with Crippen LogP contribution in [0.5, 0.6) is 0 Å². The monoisotopic (exact) mass is 250 g/mol.